The number of nitro groups is 1. The topological polar surface area (TPSA) is 97.2 Å². The molecule has 1 heterocycles. The summed E-state index contributed by atoms with van der Waals surface area (Å²) >= 11 is 7.40. The van der Waals surface area contributed by atoms with Gasteiger partial charge in [0.25, 0.3) is 11.6 Å². The minimum absolute atomic E-state index is 0.179. The minimum atomic E-state index is -0.529. The van der Waals surface area contributed by atoms with Crippen molar-refractivity contribution in [1.29, 1.82) is 0 Å². The Bertz CT molecular complexity index is 1010. The van der Waals surface area contributed by atoms with Gasteiger partial charge in [0.1, 0.15) is 5.69 Å². The number of benzene rings is 2. The van der Waals surface area contributed by atoms with Crippen LogP contribution in [-0.4, -0.2) is 15.8 Å². The Morgan fingerprint density at radius 2 is 2.07 bits per heavy atom. The van der Waals surface area contributed by atoms with E-state index in [-0.39, 0.29) is 11.3 Å². The number of nitrogens with one attached hydrogen (secondary N) is 2. The van der Waals surface area contributed by atoms with Crippen LogP contribution in [-0.2, 0) is 6.54 Å². The lowest BCUT2D eigenvalue weighted by molar-refractivity contribution is -0.384. The zero-order valence-corrected chi connectivity index (χ0v) is 15.8. The summed E-state index contributed by atoms with van der Waals surface area (Å²) in [6, 6.07) is 11.5. The highest BCUT2D eigenvalue weighted by atomic mass is 35.5. The number of nitrogens with zero attached hydrogens (tertiary/aromatic N) is 2. The fourth-order valence-electron chi connectivity index (χ4n) is 2.39. The molecule has 27 heavy (non-hydrogen) atoms. The van der Waals surface area contributed by atoms with Gasteiger partial charge < -0.3 is 5.32 Å². The molecule has 2 aromatic carbocycles. The maximum atomic E-state index is 12.3. The van der Waals surface area contributed by atoms with Gasteiger partial charge in [-0.3, -0.25) is 20.2 Å². The third-order valence-corrected chi connectivity index (χ3v) is 4.97. The van der Waals surface area contributed by atoms with Crippen LogP contribution in [0, 0.1) is 17.0 Å². The minimum Gasteiger partial charge on any atom is -0.375 e. The first-order chi connectivity index (χ1) is 12.9. The van der Waals surface area contributed by atoms with Gasteiger partial charge >= 0.3 is 0 Å². The van der Waals surface area contributed by atoms with E-state index in [4.69, 9.17) is 11.6 Å². The van der Waals surface area contributed by atoms with Gasteiger partial charge in [-0.25, -0.2) is 4.98 Å². The number of hydrogen-bond acceptors (Lipinski definition) is 6. The average molecular weight is 403 g/mol. The third kappa shape index (κ3) is 4.60. The maximum Gasteiger partial charge on any atom is 0.293 e. The normalized spacial score (nSPS) is 10.4. The molecule has 0 saturated heterocycles. The molecule has 9 heteroatoms. The first-order valence-electron chi connectivity index (χ1n) is 7.93. The van der Waals surface area contributed by atoms with E-state index in [1.807, 2.05) is 25.1 Å². The van der Waals surface area contributed by atoms with E-state index in [9.17, 15) is 14.9 Å². The Morgan fingerprint density at radius 1 is 1.30 bits per heavy atom. The summed E-state index contributed by atoms with van der Waals surface area (Å²) in [6.45, 7) is 2.14. The summed E-state index contributed by atoms with van der Waals surface area (Å²) in [5.41, 5.74) is 1.90. The molecule has 0 saturated carbocycles. The fraction of sp³-hybridized carbons (Fsp3) is 0.111. The molecule has 0 aliphatic rings. The first kappa shape index (κ1) is 18.8. The van der Waals surface area contributed by atoms with E-state index in [1.54, 1.807) is 11.4 Å². The summed E-state index contributed by atoms with van der Waals surface area (Å²) in [6.07, 6.45) is 0. The number of amides is 1. The van der Waals surface area contributed by atoms with E-state index in [1.165, 1.54) is 29.5 Å². The number of nitro benzene ring substituents is 1. The molecule has 2 N–H and O–H groups in total. The Kier molecular flexibility index (Phi) is 5.68. The lowest BCUT2D eigenvalue weighted by Gasteiger charge is -2.10. The van der Waals surface area contributed by atoms with Gasteiger partial charge in [0.2, 0.25) is 0 Å². The van der Waals surface area contributed by atoms with E-state index in [0.717, 1.165) is 11.3 Å². The Hall–Kier alpha value is -2.97. The molecule has 0 atom stereocenters. The second-order valence-corrected chi connectivity index (χ2v) is 6.95. The zero-order valence-electron chi connectivity index (χ0n) is 14.2. The standard InChI is InChI=1S/C18H15ClN4O3S/c1-11-10-27-18(21-11)22-17(24)12-6-7-15(16(8-12)23(25)26)20-9-13-4-2-3-5-14(13)19/h2-8,10,20H,9H2,1H3,(H,21,22,24). The van der Waals surface area contributed by atoms with Gasteiger partial charge in [-0.15, -0.1) is 11.3 Å². The number of halogens is 1. The summed E-state index contributed by atoms with van der Waals surface area (Å²) in [7, 11) is 0. The Morgan fingerprint density at radius 3 is 2.74 bits per heavy atom. The molecule has 0 unspecified atom stereocenters. The molecule has 1 aromatic heterocycles. The van der Waals surface area contributed by atoms with Crippen LogP contribution in [0.25, 0.3) is 0 Å². The number of hydrogen-bond donors (Lipinski definition) is 2. The van der Waals surface area contributed by atoms with Gasteiger partial charge in [0.15, 0.2) is 5.13 Å². The number of rotatable bonds is 6. The van der Waals surface area contributed by atoms with Crippen molar-refractivity contribution in [3.63, 3.8) is 0 Å². The molecule has 0 spiro atoms. The molecule has 0 fully saturated rings. The van der Waals surface area contributed by atoms with E-state index in [0.29, 0.717) is 22.4 Å². The number of carbonyl (C=O) groups is 1. The van der Waals surface area contributed by atoms with Crippen LogP contribution < -0.4 is 10.6 Å². The van der Waals surface area contributed by atoms with Crippen LogP contribution in [0.5, 0.6) is 0 Å². The molecule has 0 radical (unpaired) electrons. The number of carbonyl (C=O) groups excluding carboxylic acids is 1. The van der Waals surface area contributed by atoms with Gasteiger partial charge in [-0.05, 0) is 30.7 Å². The van der Waals surface area contributed by atoms with Crippen molar-refractivity contribution in [2.45, 2.75) is 13.5 Å². The lowest BCUT2D eigenvalue weighted by atomic mass is 10.1. The Labute approximate surface area is 164 Å². The second kappa shape index (κ2) is 8.15. The highest BCUT2D eigenvalue weighted by Crippen LogP contribution is 2.27. The summed E-state index contributed by atoms with van der Waals surface area (Å²) in [5, 5.41) is 19.9. The highest BCUT2D eigenvalue weighted by Gasteiger charge is 2.18. The van der Waals surface area contributed by atoms with Crippen LogP contribution in [0.4, 0.5) is 16.5 Å². The molecule has 138 valence electrons. The molecule has 3 aromatic rings. The van der Waals surface area contributed by atoms with Gasteiger partial charge in [0.05, 0.1) is 10.6 Å². The number of aryl methyl sites for hydroxylation is 1. The van der Waals surface area contributed by atoms with Crippen LogP contribution in [0.15, 0.2) is 47.8 Å². The molecule has 1 amide bonds. The van der Waals surface area contributed by atoms with Gasteiger partial charge in [-0.1, -0.05) is 29.8 Å². The predicted molar refractivity (Wildman–Crippen MR) is 107 cm³/mol. The monoisotopic (exact) mass is 402 g/mol. The molecule has 0 aliphatic heterocycles. The molecule has 7 nitrogen and oxygen atoms in total. The number of aromatic nitrogens is 1. The van der Waals surface area contributed by atoms with Crippen molar-refractivity contribution in [3.05, 3.63) is 79.8 Å². The fourth-order valence-corrected chi connectivity index (χ4v) is 3.27. The van der Waals surface area contributed by atoms with Crippen LogP contribution in [0.3, 0.4) is 0 Å². The summed E-state index contributed by atoms with van der Waals surface area (Å²) < 4.78 is 0. The molecule has 3 rings (SSSR count). The van der Waals surface area contributed by atoms with Crippen molar-refractivity contribution >= 4 is 45.4 Å². The first-order valence-corrected chi connectivity index (χ1v) is 9.19. The van der Waals surface area contributed by atoms with E-state index >= 15 is 0 Å². The number of anilines is 2. The largest absolute Gasteiger partial charge is 0.375 e. The summed E-state index contributed by atoms with van der Waals surface area (Å²) in [5.74, 6) is -0.454. The summed E-state index contributed by atoms with van der Waals surface area (Å²) in [4.78, 5) is 27.4. The van der Waals surface area contributed by atoms with Gasteiger partial charge in [-0.2, -0.15) is 0 Å². The zero-order chi connectivity index (χ0) is 19.4. The molecule has 0 aliphatic carbocycles. The van der Waals surface area contributed by atoms with E-state index in [2.05, 4.69) is 15.6 Å². The number of thiazole rings is 1. The second-order valence-electron chi connectivity index (χ2n) is 5.68. The van der Waals surface area contributed by atoms with Crippen molar-refractivity contribution in [3.8, 4) is 0 Å². The Balaban J connectivity index is 1.79. The van der Waals surface area contributed by atoms with Crippen LogP contribution in [0.1, 0.15) is 21.6 Å². The molecular formula is C18H15ClN4O3S. The average Bonchev–Trinajstić information content (AvgIpc) is 3.05. The lowest BCUT2D eigenvalue weighted by Crippen LogP contribution is -2.12. The van der Waals surface area contributed by atoms with Crippen molar-refractivity contribution in [1.82, 2.24) is 4.98 Å². The third-order valence-electron chi connectivity index (χ3n) is 3.72. The van der Waals surface area contributed by atoms with Crippen LogP contribution >= 0.6 is 22.9 Å². The maximum absolute atomic E-state index is 12.3. The van der Waals surface area contributed by atoms with Gasteiger partial charge in [0, 0.05) is 28.6 Å². The molecule has 0 bridgehead atoms. The highest BCUT2D eigenvalue weighted by molar-refractivity contribution is 7.13. The van der Waals surface area contributed by atoms with E-state index < -0.39 is 10.8 Å². The van der Waals surface area contributed by atoms with Crippen LogP contribution in [0.2, 0.25) is 5.02 Å². The van der Waals surface area contributed by atoms with Crippen molar-refractivity contribution < 1.29 is 9.72 Å². The quantitative estimate of drug-likeness (QED) is 0.452. The molecular weight excluding hydrogens is 388 g/mol. The smallest absolute Gasteiger partial charge is 0.293 e. The predicted octanol–water partition coefficient (Wildman–Crippen LogP) is 4.88. The van der Waals surface area contributed by atoms with Crippen molar-refractivity contribution in [2.75, 3.05) is 10.6 Å². The van der Waals surface area contributed by atoms with Crippen molar-refractivity contribution in [2.24, 2.45) is 0 Å². The SMILES string of the molecule is Cc1csc(NC(=O)c2ccc(NCc3ccccc3Cl)c([N+](=O)[O-])c2)n1.